The fourth-order valence-electron chi connectivity index (χ4n) is 1.48. The molecule has 0 fully saturated rings. The first-order valence-electron chi connectivity index (χ1n) is 4.27. The van der Waals surface area contributed by atoms with Gasteiger partial charge in [0, 0.05) is 5.33 Å². The molecule has 4 heteroatoms. The van der Waals surface area contributed by atoms with Gasteiger partial charge in [-0.25, -0.2) is 0 Å². The van der Waals surface area contributed by atoms with Crippen LogP contribution in [0.2, 0.25) is 0 Å². The predicted molar refractivity (Wildman–Crippen MR) is 55.7 cm³/mol. The van der Waals surface area contributed by atoms with Crippen LogP contribution >= 0.6 is 15.9 Å². The first-order valence-corrected chi connectivity index (χ1v) is 5.39. The number of halogens is 1. The largest absolute Gasteiger partial charge is 0.288 e. The average molecular weight is 254 g/mol. The number of alkyl halides is 1. The first-order chi connectivity index (χ1) is 6.72. The highest BCUT2D eigenvalue weighted by atomic mass is 79.9. The van der Waals surface area contributed by atoms with Gasteiger partial charge in [0.05, 0.1) is 11.1 Å². The lowest BCUT2D eigenvalue weighted by atomic mass is 10.0. The molecule has 2 amide bonds. The van der Waals surface area contributed by atoms with Crippen molar-refractivity contribution < 1.29 is 9.59 Å². The highest BCUT2D eigenvalue weighted by Gasteiger charge is 2.26. The highest BCUT2D eigenvalue weighted by molar-refractivity contribution is 9.09. The number of carbonyl (C=O) groups is 2. The van der Waals surface area contributed by atoms with Crippen LogP contribution in [0.4, 0.5) is 0 Å². The molecule has 0 saturated heterocycles. The van der Waals surface area contributed by atoms with Gasteiger partial charge in [-0.1, -0.05) is 22.0 Å². The molecule has 1 heterocycles. The van der Waals surface area contributed by atoms with Crippen molar-refractivity contribution in [1.29, 1.82) is 0 Å². The molecule has 1 N–H and O–H groups in total. The lowest BCUT2D eigenvalue weighted by Crippen LogP contribution is -2.19. The zero-order valence-electron chi connectivity index (χ0n) is 7.34. The molecule has 0 saturated carbocycles. The van der Waals surface area contributed by atoms with Crippen LogP contribution in [0.25, 0.3) is 0 Å². The van der Waals surface area contributed by atoms with Gasteiger partial charge in [0.2, 0.25) is 0 Å². The van der Waals surface area contributed by atoms with Crippen LogP contribution in [0, 0.1) is 0 Å². The van der Waals surface area contributed by atoms with Gasteiger partial charge in [0.25, 0.3) is 11.8 Å². The van der Waals surface area contributed by atoms with Gasteiger partial charge >= 0.3 is 0 Å². The average Bonchev–Trinajstić information content (AvgIpc) is 2.43. The SMILES string of the molecule is O=C1NC(=O)c2cc(CCBr)ccc21. The molecule has 72 valence electrons. The van der Waals surface area contributed by atoms with Crippen molar-refractivity contribution in [2.75, 3.05) is 5.33 Å². The van der Waals surface area contributed by atoms with Crippen LogP contribution in [-0.4, -0.2) is 17.1 Å². The minimum atomic E-state index is -0.296. The van der Waals surface area contributed by atoms with Gasteiger partial charge < -0.3 is 0 Å². The fourth-order valence-corrected chi connectivity index (χ4v) is 1.94. The normalized spacial score (nSPS) is 14.1. The summed E-state index contributed by atoms with van der Waals surface area (Å²) < 4.78 is 0. The Morgan fingerprint density at radius 3 is 2.57 bits per heavy atom. The van der Waals surface area contributed by atoms with Gasteiger partial charge in [-0.2, -0.15) is 0 Å². The number of amides is 2. The second kappa shape index (κ2) is 3.53. The van der Waals surface area contributed by atoms with Gasteiger partial charge in [-0.05, 0) is 24.1 Å². The van der Waals surface area contributed by atoms with Crippen molar-refractivity contribution in [3.63, 3.8) is 0 Å². The molecule has 14 heavy (non-hydrogen) atoms. The quantitative estimate of drug-likeness (QED) is 0.642. The molecule has 1 aliphatic heterocycles. The molecule has 1 aliphatic rings. The molecule has 0 radical (unpaired) electrons. The predicted octanol–water partition coefficient (Wildman–Crippen LogP) is 1.51. The minimum Gasteiger partial charge on any atom is -0.288 e. The van der Waals surface area contributed by atoms with Gasteiger partial charge in [-0.15, -0.1) is 0 Å². The van der Waals surface area contributed by atoms with Crippen molar-refractivity contribution in [3.8, 4) is 0 Å². The Morgan fingerprint density at radius 2 is 1.86 bits per heavy atom. The molecular formula is C10H8BrNO2. The fraction of sp³-hybridized carbons (Fsp3) is 0.200. The van der Waals surface area contributed by atoms with E-state index in [1.54, 1.807) is 12.1 Å². The minimum absolute atomic E-state index is 0.290. The van der Waals surface area contributed by atoms with Crippen LogP contribution in [-0.2, 0) is 6.42 Å². The van der Waals surface area contributed by atoms with E-state index >= 15 is 0 Å². The van der Waals surface area contributed by atoms with Crippen molar-refractivity contribution in [1.82, 2.24) is 5.32 Å². The summed E-state index contributed by atoms with van der Waals surface area (Å²) in [5.41, 5.74) is 2.03. The molecule has 0 bridgehead atoms. The molecule has 2 rings (SSSR count). The lowest BCUT2D eigenvalue weighted by molar-refractivity contribution is 0.0879. The Bertz CT molecular complexity index is 415. The van der Waals surface area contributed by atoms with Gasteiger partial charge in [-0.3, -0.25) is 14.9 Å². The van der Waals surface area contributed by atoms with E-state index in [2.05, 4.69) is 21.2 Å². The van der Waals surface area contributed by atoms with Gasteiger partial charge in [0.1, 0.15) is 0 Å². The van der Waals surface area contributed by atoms with Crippen LogP contribution < -0.4 is 5.32 Å². The Labute approximate surface area is 89.6 Å². The smallest absolute Gasteiger partial charge is 0.258 e. The number of carbonyl (C=O) groups excluding carboxylic acids is 2. The molecule has 0 unspecified atom stereocenters. The maximum absolute atomic E-state index is 11.3. The van der Waals surface area contributed by atoms with E-state index in [0.29, 0.717) is 11.1 Å². The third-order valence-electron chi connectivity index (χ3n) is 2.18. The van der Waals surface area contributed by atoms with E-state index in [1.807, 2.05) is 6.07 Å². The number of nitrogens with one attached hydrogen (secondary N) is 1. The maximum atomic E-state index is 11.3. The van der Waals surface area contributed by atoms with Crippen LogP contribution in [0.1, 0.15) is 26.3 Å². The first kappa shape index (κ1) is 9.40. The van der Waals surface area contributed by atoms with Crippen molar-refractivity contribution in [3.05, 3.63) is 34.9 Å². The standard InChI is InChI=1S/C10H8BrNO2/c11-4-3-6-1-2-7-8(5-6)10(14)12-9(7)13/h1-2,5H,3-4H2,(H,12,13,14). The second-order valence-corrected chi connectivity index (χ2v) is 3.90. The zero-order chi connectivity index (χ0) is 10.1. The Hall–Kier alpha value is -1.16. The van der Waals surface area contributed by atoms with Crippen LogP contribution in [0.15, 0.2) is 18.2 Å². The second-order valence-electron chi connectivity index (χ2n) is 3.10. The molecule has 0 aromatic heterocycles. The number of rotatable bonds is 2. The number of benzene rings is 1. The monoisotopic (exact) mass is 253 g/mol. The third kappa shape index (κ3) is 1.46. The van der Waals surface area contributed by atoms with Crippen LogP contribution in [0.3, 0.4) is 0 Å². The summed E-state index contributed by atoms with van der Waals surface area (Å²) >= 11 is 3.33. The summed E-state index contributed by atoms with van der Waals surface area (Å²) in [6.45, 7) is 0. The van der Waals surface area contributed by atoms with E-state index in [4.69, 9.17) is 0 Å². The summed E-state index contributed by atoms with van der Waals surface area (Å²) in [5.74, 6) is -0.586. The van der Waals surface area contributed by atoms with Gasteiger partial charge in [0.15, 0.2) is 0 Å². The number of imide groups is 1. The zero-order valence-corrected chi connectivity index (χ0v) is 8.93. The lowest BCUT2D eigenvalue weighted by Gasteiger charge is -1.99. The summed E-state index contributed by atoms with van der Waals surface area (Å²) in [7, 11) is 0. The molecule has 0 spiro atoms. The number of fused-ring (bicyclic) bond motifs is 1. The maximum Gasteiger partial charge on any atom is 0.258 e. The third-order valence-corrected chi connectivity index (χ3v) is 2.58. The number of aryl methyl sites for hydroxylation is 1. The van der Waals surface area contributed by atoms with Crippen LogP contribution in [0.5, 0.6) is 0 Å². The Balaban J connectivity index is 2.44. The molecule has 0 atom stereocenters. The summed E-state index contributed by atoms with van der Waals surface area (Å²) in [6.07, 6.45) is 0.856. The summed E-state index contributed by atoms with van der Waals surface area (Å²) in [5, 5.41) is 3.11. The number of hydrogen-bond donors (Lipinski definition) is 1. The Kier molecular flexibility index (Phi) is 2.37. The van der Waals surface area contributed by atoms with E-state index in [-0.39, 0.29) is 11.8 Å². The van der Waals surface area contributed by atoms with Crippen molar-refractivity contribution in [2.45, 2.75) is 6.42 Å². The van der Waals surface area contributed by atoms with E-state index in [0.717, 1.165) is 17.3 Å². The highest BCUT2D eigenvalue weighted by Crippen LogP contribution is 2.17. The van der Waals surface area contributed by atoms with E-state index in [1.165, 1.54) is 0 Å². The van der Waals surface area contributed by atoms with Crippen molar-refractivity contribution >= 4 is 27.7 Å². The molecular weight excluding hydrogens is 246 g/mol. The topological polar surface area (TPSA) is 46.2 Å². The number of hydrogen-bond acceptors (Lipinski definition) is 2. The summed E-state index contributed by atoms with van der Waals surface area (Å²) in [6, 6.07) is 5.35. The molecule has 1 aromatic carbocycles. The van der Waals surface area contributed by atoms with E-state index < -0.39 is 0 Å². The van der Waals surface area contributed by atoms with E-state index in [9.17, 15) is 9.59 Å². The molecule has 0 aliphatic carbocycles. The summed E-state index contributed by atoms with van der Waals surface area (Å²) in [4.78, 5) is 22.5. The van der Waals surface area contributed by atoms with Crippen molar-refractivity contribution in [2.24, 2.45) is 0 Å². The molecule has 1 aromatic rings. The molecule has 3 nitrogen and oxygen atoms in total. The Morgan fingerprint density at radius 1 is 1.14 bits per heavy atom.